The lowest BCUT2D eigenvalue weighted by Crippen LogP contribution is -2.39. The first-order valence-electron chi connectivity index (χ1n) is 9.62. The zero-order chi connectivity index (χ0) is 22.3. The third-order valence-electron chi connectivity index (χ3n) is 4.54. The highest BCUT2D eigenvalue weighted by Gasteiger charge is 2.21. The number of hydrogen-bond acceptors (Lipinski definition) is 7. The molecule has 0 aliphatic carbocycles. The van der Waals surface area contributed by atoms with Crippen molar-refractivity contribution in [3.05, 3.63) is 35.2 Å². The van der Waals surface area contributed by atoms with Gasteiger partial charge in [0.15, 0.2) is 0 Å². The van der Waals surface area contributed by atoms with Crippen molar-refractivity contribution in [1.29, 1.82) is 0 Å². The van der Waals surface area contributed by atoms with Crippen LogP contribution in [0.3, 0.4) is 0 Å². The van der Waals surface area contributed by atoms with Crippen LogP contribution in [0.1, 0.15) is 39.9 Å². The number of amides is 2. The van der Waals surface area contributed by atoms with Gasteiger partial charge in [-0.15, -0.1) is 0 Å². The highest BCUT2D eigenvalue weighted by molar-refractivity contribution is 5.97. The van der Waals surface area contributed by atoms with Crippen molar-refractivity contribution in [3.63, 3.8) is 0 Å². The maximum absolute atomic E-state index is 12.7. The number of ether oxygens (including phenoxy) is 1. The Hall–Kier alpha value is -3.40. The van der Waals surface area contributed by atoms with Crippen LogP contribution in [0.4, 0.5) is 11.4 Å². The first kappa shape index (κ1) is 22.9. The number of nitrogens with one attached hydrogen (secondary N) is 1. The van der Waals surface area contributed by atoms with E-state index in [1.807, 2.05) is 18.7 Å². The number of hydrogen-bond donors (Lipinski definition) is 3. The topological polar surface area (TPSA) is 141 Å². The molecule has 0 saturated carbocycles. The Labute approximate surface area is 175 Å². The minimum absolute atomic E-state index is 0.168. The summed E-state index contributed by atoms with van der Waals surface area (Å²) < 4.78 is 7.12. The van der Waals surface area contributed by atoms with Crippen LogP contribution in [0.2, 0.25) is 0 Å². The second-order valence-electron chi connectivity index (χ2n) is 6.63. The summed E-state index contributed by atoms with van der Waals surface area (Å²) in [7, 11) is 1.48. The smallest absolute Gasteiger partial charge is 0.270 e. The first-order valence-corrected chi connectivity index (χ1v) is 9.62. The molecule has 0 saturated heterocycles. The minimum atomic E-state index is -0.602. The number of nitrogens with zero attached hydrogens (tertiary/aromatic N) is 4. The molecule has 0 radical (unpaired) electrons. The number of carbonyl (C=O) groups excluding carboxylic acids is 2. The Morgan fingerprint density at radius 2 is 2.10 bits per heavy atom. The number of rotatable bonds is 11. The van der Waals surface area contributed by atoms with Crippen molar-refractivity contribution >= 4 is 29.9 Å². The average molecular weight is 415 g/mol. The van der Waals surface area contributed by atoms with E-state index in [4.69, 9.17) is 16.2 Å². The number of nitrogens with two attached hydrogens (primary N) is 2. The van der Waals surface area contributed by atoms with Crippen LogP contribution in [0, 0.1) is 6.92 Å². The van der Waals surface area contributed by atoms with Gasteiger partial charge in [-0.25, -0.2) is 0 Å². The molecule has 0 aliphatic rings. The van der Waals surface area contributed by atoms with E-state index >= 15 is 0 Å². The van der Waals surface area contributed by atoms with Gasteiger partial charge in [0.05, 0.1) is 25.2 Å². The monoisotopic (exact) mass is 415 g/mol. The van der Waals surface area contributed by atoms with Crippen molar-refractivity contribution in [1.82, 2.24) is 15.1 Å². The number of anilines is 1. The van der Waals surface area contributed by atoms with Gasteiger partial charge in [-0.3, -0.25) is 19.3 Å². The van der Waals surface area contributed by atoms with E-state index in [0.29, 0.717) is 48.9 Å². The number of aromatic nitrogens is 2. The maximum Gasteiger partial charge on any atom is 0.270 e. The Kier molecular flexibility index (Phi) is 7.93. The summed E-state index contributed by atoms with van der Waals surface area (Å²) in [6, 6.07) is 4.82. The molecule has 0 aliphatic heterocycles. The summed E-state index contributed by atoms with van der Waals surface area (Å²) in [5, 5.41) is 7.22. The number of carbonyl (C=O) groups is 2. The summed E-state index contributed by atoms with van der Waals surface area (Å²) in [6.45, 7) is 9.09. The summed E-state index contributed by atoms with van der Waals surface area (Å²) in [4.78, 5) is 30.3. The van der Waals surface area contributed by atoms with Crippen molar-refractivity contribution in [2.24, 2.45) is 16.5 Å². The molecule has 10 heteroatoms. The van der Waals surface area contributed by atoms with Gasteiger partial charge in [0, 0.05) is 18.7 Å². The van der Waals surface area contributed by atoms with Crippen molar-refractivity contribution < 1.29 is 14.3 Å². The van der Waals surface area contributed by atoms with Crippen LogP contribution in [-0.2, 0) is 6.54 Å². The van der Waals surface area contributed by atoms with Gasteiger partial charge in [-0.1, -0.05) is 0 Å². The maximum atomic E-state index is 12.7. The fourth-order valence-electron chi connectivity index (χ4n) is 3.11. The zero-order valence-corrected chi connectivity index (χ0v) is 17.6. The summed E-state index contributed by atoms with van der Waals surface area (Å²) >= 11 is 0. The molecule has 2 rings (SSSR count). The highest BCUT2D eigenvalue weighted by atomic mass is 16.5. The molecule has 2 aromatic rings. The lowest BCUT2D eigenvalue weighted by atomic mass is 10.1. The predicted molar refractivity (Wildman–Crippen MR) is 117 cm³/mol. The van der Waals surface area contributed by atoms with E-state index in [1.165, 1.54) is 7.11 Å². The third kappa shape index (κ3) is 5.15. The van der Waals surface area contributed by atoms with Crippen LogP contribution < -0.4 is 26.4 Å². The molecule has 1 heterocycles. The van der Waals surface area contributed by atoms with E-state index in [1.54, 1.807) is 22.9 Å². The van der Waals surface area contributed by atoms with Crippen LogP contribution in [0.5, 0.6) is 5.75 Å². The minimum Gasteiger partial charge on any atom is -0.494 e. The number of primary amides is 1. The van der Waals surface area contributed by atoms with Gasteiger partial charge < -0.3 is 26.4 Å². The predicted octanol–water partition coefficient (Wildman–Crippen LogP) is 1.19. The van der Waals surface area contributed by atoms with Crippen LogP contribution in [-0.4, -0.2) is 55.2 Å². The molecule has 0 bridgehead atoms. The molecule has 30 heavy (non-hydrogen) atoms. The van der Waals surface area contributed by atoms with Crippen molar-refractivity contribution in [3.8, 4) is 5.75 Å². The molecule has 0 unspecified atom stereocenters. The summed E-state index contributed by atoms with van der Waals surface area (Å²) in [6.07, 6.45) is 0.666. The second-order valence-corrected chi connectivity index (χ2v) is 6.63. The van der Waals surface area contributed by atoms with Gasteiger partial charge in [0.2, 0.25) is 5.91 Å². The van der Waals surface area contributed by atoms with Crippen LogP contribution in [0.25, 0.3) is 0 Å². The van der Waals surface area contributed by atoms with E-state index in [-0.39, 0.29) is 18.1 Å². The van der Waals surface area contributed by atoms with Gasteiger partial charge in [-0.05, 0) is 51.7 Å². The highest BCUT2D eigenvalue weighted by Crippen LogP contribution is 2.39. The fourth-order valence-corrected chi connectivity index (χ4v) is 3.11. The molecule has 1 aromatic heterocycles. The second kappa shape index (κ2) is 10.4. The molecule has 5 N–H and O–H groups in total. The van der Waals surface area contributed by atoms with Crippen molar-refractivity contribution in [2.75, 3.05) is 31.8 Å². The van der Waals surface area contributed by atoms with E-state index in [2.05, 4.69) is 22.1 Å². The molecule has 162 valence electrons. The average Bonchev–Trinajstić information content (AvgIpc) is 3.13. The standard InChI is InChI=1S/C20H29N7O3/c1-5-27-16(9-13(2)25-27)20(29)24-12-26(8-6-7-21)18-15(23-3)10-14(19(22)28)11-17(18)30-4/h9-11H,3,5-8,12,21H2,1-2,4H3,(H2,22,28)(H,24,29). The van der Waals surface area contributed by atoms with E-state index in [9.17, 15) is 9.59 Å². The molecular formula is C20H29N7O3. The van der Waals surface area contributed by atoms with Gasteiger partial charge >= 0.3 is 0 Å². The van der Waals surface area contributed by atoms with E-state index in [0.717, 1.165) is 5.69 Å². The normalized spacial score (nSPS) is 10.5. The molecular weight excluding hydrogens is 386 g/mol. The molecule has 1 aromatic carbocycles. The molecule has 0 fully saturated rings. The number of aliphatic imine (C=N–C) groups is 1. The SMILES string of the molecule is C=Nc1cc(C(N)=O)cc(OC)c1N(CCCN)CNC(=O)c1cc(C)nn1CC. The molecule has 0 atom stereocenters. The Morgan fingerprint density at radius 3 is 2.67 bits per heavy atom. The number of aryl methyl sites for hydroxylation is 2. The van der Waals surface area contributed by atoms with Gasteiger partial charge in [0.1, 0.15) is 17.1 Å². The Balaban J connectivity index is 2.36. The lowest BCUT2D eigenvalue weighted by molar-refractivity contribution is 0.0942. The third-order valence-corrected chi connectivity index (χ3v) is 4.54. The Morgan fingerprint density at radius 1 is 1.37 bits per heavy atom. The summed E-state index contributed by atoms with van der Waals surface area (Å²) in [5.74, 6) is -0.458. The van der Waals surface area contributed by atoms with Crippen LogP contribution >= 0.6 is 0 Å². The molecule has 10 nitrogen and oxygen atoms in total. The van der Waals surface area contributed by atoms with Crippen LogP contribution in [0.15, 0.2) is 23.2 Å². The van der Waals surface area contributed by atoms with Gasteiger partial charge in [0.25, 0.3) is 5.91 Å². The number of benzene rings is 1. The summed E-state index contributed by atoms with van der Waals surface area (Å²) in [5.41, 5.74) is 13.6. The zero-order valence-electron chi connectivity index (χ0n) is 17.6. The Bertz CT molecular complexity index is 923. The largest absolute Gasteiger partial charge is 0.494 e. The molecule has 2 amide bonds. The lowest BCUT2D eigenvalue weighted by Gasteiger charge is -2.28. The van der Waals surface area contributed by atoms with Gasteiger partial charge in [-0.2, -0.15) is 5.10 Å². The van der Waals surface area contributed by atoms with Crippen molar-refractivity contribution in [2.45, 2.75) is 26.8 Å². The number of methoxy groups -OCH3 is 1. The molecule has 0 spiro atoms. The van der Waals surface area contributed by atoms with E-state index < -0.39 is 5.91 Å². The first-order chi connectivity index (χ1) is 14.4. The fraction of sp³-hybridized carbons (Fsp3) is 0.400. The quantitative estimate of drug-likeness (QED) is 0.372.